The van der Waals surface area contributed by atoms with Crippen LogP contribution in [0.5, 0.6) is 0 Å². The Morgan fingerprint density at radius 3 is 2.61 bits per heavy atom. The molecule has 0 radical (unpaired) electrons. The topological polar surface area (TPSA) is 85.4 Å². The first-order valence-electron chi connectivity index (χ1n) is 8.71. The monoisotopic (exact) mass is 403 g/mol. The van der Waals surface area contributed by atoms with Crippen LogP contribution < -0.4 is 0 Å². The van der Waals surface area contributed by atoms with Gasteiger partial charge in [-0.15, -0.1) is 0 Å². The molecule has 1 saturated heterocycles. The highest BCUT2D eigenvalue weighted by molar-refractivity contribution is 7.91. The van der Waals surface area contributed by atoms with E-state index < -0.39 is 15.1 Å². The molecule has 0 N–H and O–H groups in total. The molecule has 0 spiro atoms. The van der Waals surface area contributed by atoms with Crippen molar-refractivity contribution in [3.63, 3.8) is 0 Å². The number of halogens is 1. The average molecular weight is 403 g/mol. The summed E-state index contributed by atoms with van der Waals surface area (Å²) in [7, 11) is -3.36. The molecule has 7 nitrogen and oxygen atoms in total. The van der Waals surface area contributed by atoms with Gasteiger partial charge in [0.15, 0.2) is 9.84 Å². The van der Waals surface area contributed by atoms with Gasteiger partial charge in [-0.05, 0) is 29.8 Å². The Labute approximate surface area is 161 Å². The number of furan rings is 1. The third kappa shape index (κ3) is 3.84. The number of sulfone groups is 1. The normalized spacial score (nSPS) is 14.8. The second kappa shape index (κ2) is 7.23. The first-order chi connectivity index (χ1) is 13.4. The predicted octanol–water partition coefficient (Wildman–Crippen LogP) is 2.11. The Bertz CT molecular complexity index is 1070. The van der Waals surface area contributed by atoms with Crippen molar-refractivity contribution in [3.8, 4) is 11.1 Å². The lowest BCUT2D eigenvalue weighted by Crippen LogP contribution is -2.57. The molecule has 3 aromatic rings. The summed E-state index contributed by atoms with van der Waals surface area (Å²) >= 11 is 0. The summed E-state index contributed by atoms with van der Waals surface area (Å²) in [6.07, 6.45) is 4.75. The van der Waals surface area contributed by atoms with Crippen LogP contribution in [0, 0.1) is 5.82 Å². The predicted molar refractivity (Wildman–Crippen MR) is 99.3 cm³/mol. The van der Waals surface area contributed by atoms with E-state index in [1.807, 2.05) is 0 Å². The second-order valence-corrected chi connectivity index (χ2v) is 9.02. The number of hydrogen-bond acceptors (Lipinski definition) is 5. The molecule has 3 heterocycles. The first kappa shape index (κ1) is 18.4. The summed E-state index contributed by atoms with van der Waals surface area (Å²) in [4.78, 5) is 13.9. The van der Waals surface area contributed by atoms with Gasteiger partial charge >= 0.3 is 0 Å². The number of aromatic nitrogens is 2. The molecule has 0 bridgehead atoms. The Hall–Kier alpha value is -2.94. The van der Waals surface area contributed by atoms with Crippen LogP contribution in [-0.2, 0) is 26.9 Å². The van der Waals surface area contributed by atoms with E-state index in [0.29, 0.717) is 5.76 Å². The zero-order chi connectivity index (χ0) is 19.7. The molecule has 4 rings (SSSR count). The van der Waals surface area contributed by atoms with Crippen LogP contribution in [0.4, 0.5) is 4.39 Å². The molecule has 1 aliphatic heterocycles. The number of nitrogens with zero attached hydrogens (tertiary/aromatic N) is 3. The van der Waals surface area contributed by atoms with Gasteiger partial charge in [-0.25, -0.2) is 12.8 Å². The summed E-state index contributed by atoms with van der Waals surface area (Å²) in [5, 5.41) is 3.58. The Morgan fingerprint density at radius 1 is 1.18 bits per heavy atom. The van der Waals surface area contributed by atoms with E-state index in [-0.39, 0.29) is 37.1 Å². The molecule has 2 aromatic heterocycles. The van der Waals surface area contributed by atoms with Crippen LogP contribution >= 0.6 is 0 Å². The van der Waals surface area contributed by atoms with Crippen molar-refractivity contribution in [2.75, 3.05) is 13.1 Å². The Balaban J connectivity index is 1.33. The summed E-state index contributed by atoms with van der Waals surface area (Å²) in [6, 6.07) is 9.27. The molecule has 1 aromatic carbocycles. The minimum atomic E-state index is -3.36. The summed E-state index contributed by atoms with van der Waals surface area (Å²) in [6.45, 7) is 0.369. The number of rotatable bonds is 6. The van der Waals surface area contributed by atoms with Crippen LogP contribution in [0.1, 0.15) is 5.76 Å². The van der Waals surface area contributed by atoms with E-state index in [4.69, 9.17) is 4.42 Å². The molecule has 28 heavy (non-hydrogen) atoms. The standard InChI is InChI=1S/C19H18FN3O4S/c20-16-5-3-14(4-6-16)15-8-21-23(9-15)12-19(24)22-10-18(11-22)28(25,26)13-17-2-1-7-27-17/h1-9,18H,10-13H2. The SMILES string of the molecule is O=C(Cn1cc(-c2ccc(F)cc2)cn1)N1CC(S(=O)(=O)Cc2ccco2)C1. The molecule has 146 valence electrons. The summed E-state index contributed by atoms with van der Waals surface area (Å²) in [5.74, 6) is -0.277. The van der Waals surface area contributed by atoms with Gasteiger partial charge in [-0.2, -0.15) is 5.10 Å². The van der Waals surface area contributed by atoms with Gasteiger partial charge in [0, 0.05) is 24.8 Å². The van der Waals surface area contributed by atoms with Gasteiger partial charge < -0.3 is 9.32 Å². The minimum Gasteiger partial charge on any atom is -0.468 e. The quantitative estimate of drug-likeness (QED) is 0.629. The maximum absolute atomic E-state index is 13.0. The third-order valence-electron chi connectivity index (χ3n) is 4.74. The van der Waals surface area contributed by atoms with E-state index in [2.05, 4.69) is 5.10 Å². The zero-order valence-corrected chi connectivity index (χ0v) is 15.7. The van der Waals surface area contributed by atoms with Crippen molar-refractivity contribution in [1.29, 1.82) is 0 Å². The Morgan fingerprint density at radius 2 is 1.93 bits per heavy atom. The van der Waals surface area contributed by atoms with E-state index in [1.165, 1.54) is 28.0 Å². The number of likely N-dealkylation sites (tertiary alicyclic amines) is 1. The molecule has 1 fully saturated rings. The van der Waals surface area contributed by atoms with Crippen LogP contribution in [0.2, 0.25) is 0 Å². The fourth-order valence-electron chi connectivity index (χ4n) is 3.06. The highest BCUT2D eigenvalue weighted by Crippen LogP contribution is 2.22. The smallest absolute Gasteiger partial charge is 0.244 e. The maximum atomic E-state index is 13.0. The molecular formula is C19H18FN3O4S. The zero-order valence-electron chi connectivity index (χ0n) is 14.9. The van der Waals surface area contributed by atoms with Gasteiger partial charge in [-0.1, -0.05) is 12.1 Å². The fraction of sp³-hybridized carbons (Fsp3) is 0.263. The van der Waals surface area contributed by atoms with Gasteiger partial charge in [0.05, 0.1) is 17.7 Å². The molecule has 0 atom stereocenters. The van der Waals surface area contributed by atoms with E-state index in [1.54, 1.807) is 36.7 Å². The van der Waals surface area contributed by atoms with Crippen molar-refractivity contribution in [3.05, 3.63) is 66.6 Å². The number of amides is 1. The second-order valence-electron chi connectivity index (χ2n) is 6.74. The molecular weight excluding hydrogens is 385 g/mol. The fourth-order valence-corrected chi connectivity index (χ4v) is 4.67. The van der Waals surface area contributed by atoms with Gasteiger partial charge in [0.2, 0.25) is 5.91 Å². The number of carbonyl (C=O) groups is 1. The largest absolute Gasteiger partial charge is 0.468 e. The molecule has 9 heteroatoms. The summed E-state index contributed by atoms with van der Waals surface area (Å²) in [5.41, 5.74) is 1.57. The lowest BCUT2D eigenvalue weighted by molar-refractivity contribution is -0.135. The third-order valence-corrected chi connectivity index (χ3v) is 6.74. The lowest BCUT2D eigenvalue weighted by Gasteiger charge is -2.38. The maximum Gasteiger partial charge on any atom is 0.244 e. The minimum absolute atomic E-state index is 0.0200. The number of benzene rings is 1. The van der Waals surface area contributed by atoms with Gasteiger partial charge in [-0.3, -0.25) is 9.48 Å². The van der Waals surface area contributed by atoms with Crippen molar-refractivity contribution < 1.29 is 22.0 Å². The van der Waals surface area contributed by atoms with Crippen LogP contribution in [0.15, 0.2) is 59.5 Å². The first-order valence-corrected chi connectivity index (χ1v) is 10.4. The van der Waals surface area contributed by atoms with Crippen LogP contribution in [-0.4, -0.2) is 47.3 Å². The van der Waals surface area contributed by atoms with Crippen molar-refractivity contribution >= 4 is 15.7 Å². The van der Waals surface area contributed by atoms with Crippen LogP contribution in [0.25, 0.3) is 11.1 Å². The lowest BCUT2D eigenvalue weighted by atomic mass is 10.1. The molecule has 0 aliphatic carbocycles. The average Bonchev–Trinajstić information content (AvgIpc) is 3.25. The van der Waals surface area contributed by atoms with Crippen molar-refractivity contribution in [2.45, 2.75) is 17.5 Å². The molecule has 1 amide bonds. The van der Waals surface area contributed by atoms with Crippen molar-refractivity contribution in [1.82, 2.24) is 14.7 Å². The van der Waals surface area contributed by atoms with E-state index in [0.717, 1.165) is 11.1 Å². The van der Waals surface area contributed by atoms with E-state index >= 15 is 0 Å². The summed E-state index contributed by atoms with van der Waals surface area (Å²) < 4.78 is 44.3. The van der Waals surface area contributed by atoms with E-state index in [9.17, 15) is 17.6 Å². The molecule has 1 aliphatic rings. The van der Waals surface area contributed by atoms with Gasteiger partial charge in [0.1, 0.15) is 23.9 Å². The van der Waals surface area contributed by atoms with Gasteiger partial charge in [0.25, 0.3) is 0 Å². The highest BCUT2D eigenvalue weighted by Gasteiger charge is 2.39. The number of hydrogen-bond donors (Lipinski definition) is 0. The molecule has 0 saturated carbocycles. The highest BCUT2D eigenvalue weighted by atomic mass is 32.2. The molecule has 0 unspecified atom stereocenters. The number of carbonyl (C=O) groups excluding carboxylic acids is 1. The van der Waals surface area contributed by atoms with Crippen LogP contribution in [0.3, 0.4) is 0 Å². The Kier molecular flexibility index (Phi) is 4.76. The van der Waals surface area contributed by atoms with Crippen molar-refractivity contribution in [2.24, 2.45) is 0 Å².